The zero-order valence-electron chi connectivity index (χ0n) is 11.9. The standard InChI is InChI=1S/C14H25N3O/c1-5-7-15-12-8-13(14(12,3)4)18-11-9-16-17(6-2)10-11/h9-10,12-13,15H,5-8H2,1-4H3. The molecule has 0 spiro atoms. The van der Waals surface area contributed by atoms with Gasteiger partial charge in [-0.25, -0.2) is 0 Å². The third-order valence-electron chi connectivity index (χ3n) is 4.03. The van der Waals surface area contributed by atoms with Gasteiger partial charge in [0.05, 0.1) is 12.4 Å². The molecule has 0 saturated heterocycles. The van der Waals surface area contributed by atoms with Crippen molar-refractivity contribution in [2.45, 2.75) is 59.2 Å². The highest BCUT2D eigenvalue weighted by Crippen LogP contribution is 2.42. The first-order valence-corrected chi connectivity index (χ1v) is 7.00. The summed E-state index contributed by atoms with van der Waals surface area (Å²) >= 11 is 0. The molecule has 18 heavy (non-hydrogen) atoms. The largest absolute Gasteiger partial charge is 0.486 e. The molecule has 4 heteroatoms. The van der Waals surface area contributed by atoms with Gasteiger partial charge >= 0.3 is 0 Å². The molecule has 1 fully saturated rings. The van der Waals surface area contributed by atoms with Gasteiger partial charge in [0.15, 0.2) is 5.75 Å². The molecule has 0 radical (unpaired) electrons. The smallest absolute Gasteiger partial charge is 0.157 e. The van der Waals surface area contributed by atoms with E-state index in [1.807, 2.05) is 17.1 Å². The van der Waals surface area contributed by atoms with E-state index in [1.54, 1.807) is 0 Å². The van der Waals surface area contributed by atoms with Crippen LogP contribution in [0.1, 0.15) is 40.5 Å². The molecule has 4 nitrogen and oxygen atoms in total. The van der Waals surface area contributed by atoms with Crippen LogP contribution in [0.3, 0.4) is 0 Å². The van der Waals surface area contributed by atoms with Crippen LogP contribution in [0.5, 0.6) is 5.75 Å². The summed E-state index contributed by atoms with van der Waals surface area (Å²) in [5.41, 5.74) is 0.198. The summed E-state index contributed by atoms with van der Waals surface area (Å²) < 4.78 is 7.93. The number of nitrogens with one attached hydrogen (secondary N) is 1. The van der Waals surface area contributed by atoms with E-state index in [1.165, 1.54) is 6.42 Å². The van der Waals surface area contributed by atoms with Crippen LogP contribution in [-0.2, 0) is 6.54 Å². The molecule has 2 rings (SSSR count). The van der Waals surface area contributed by atoms with Gasteiger partial charge < -0.3 is 10.1 Å². The number of aryl methyl sites for hydroxylation is 1. The fraction of sp³-hybridized carbons (Fsp3) is 0.786. The summed E-state index contributed by atoms with van der Waals surface area (Å²) in [5.74, 6) is 0.892. The molecule has 102 valence electrons. The molecule has 1 saturated carbocycles. The Morgan fingerprint density at radius 1 is 1.50 bits per heavy atom. The van der Waals surface area contributed by atoms with Crippen molar-refractivity contribution < 1.29 is 4.74 Å². The van der Waals surface area contributed by atoms with Gasteiger partial charge in [-0.1, -0.05) is 20.8 Å². The van der Waals surface area contributed by atoms with E-state index in [9.17, 15) is 0 Å². The normalized spacial score (nSPS) is 25.8. The second kappa shape index (κ2) is 5.31. The van der Waals surface area contributed by atoms with E-state index in [2.05, 4.69) is 38.1 Å². The average Bonchev–Trinajstić information content (AvgIpc) is 2.80. The highest BCUT2D eigenvalue weighted by molar-refractivity contribution is 5.15. The summed E-state index contributed by atoms with van der Waals surface area (Å²) in [6, 6.07) is 0.573. The minimum atomic E-state index is 0.198. The summed E-state index contributed by atoms with van der Waals surface area (Å²) in [4.78, 5) is 0. The molecule has 1 N–H and O–H groups in total. The van der Waals surface area contributed by atoms with E-state index in [4.69, 9.17) is 4.74 Å². The van der Waals surface area contributed by atoms with Crippen LogP contribution in [0.15, 0.2) is 12.4 Å². The number of rotatable bonds is 6. The highest BCUT2D eigenvalue weighted by Gasteiger charge is 2.49. The topological polar surface area (TPSA) is 39.1 Å². The summed E-state index contributed by atoms with van der Waals surface area (Å²) in [7, 11) is 0. The predicted molar refractivity (Wildman–Crippen MR) is 72.8 cm³/mol. The Morgan fingerprint density at radius 2 is 2.28 bits per heavy atom. The lowest BCUT2D eigenvalue weighted by Crippen LogP contribution is -2.62. The molecule has 1 aromatic heterocycles. The maximum atomic E-state index is 6.03. The van der Waals surface area contributed by atoms with Gasteiger partial charge in [-0.15, -0.1) is 0 Å². The van der Waals surface area contributed by atoms with Gasteiger partial charge in [-0.3, -0.25) is 4.68 Å². The second-order valence-corrected chi connectivity index (χ2v) is 5.70. The van der Waals surface area contributed by atoms with E-state index >= 15 is 0 Å². The minimum Gasteiger partial charge on any atom is -0.486 e. The van der Waals surface area contributed by atoms with E-state index < -0.39 is 0 Å². The van der Waals surface area contributed by atoms with Crippen molar-refractivity contribution in [2.75, 3.05) is 6.54 Å². The molecule has 0 amide bonds. The summed E-state index contributed by atoms with van der Waals surface area (Å²) in [5, 5.41) is 7.83. The molecule has 1 aromatic rings. The van der Waals surface area contributed by atoms with Gasteiger partial charge in [0, 0.05) is 24.4 Å². The van der Waals surface area contributed by atoms with Crippen molar-refractivity contribution in [1.29, 1.82) is 0 Å². The lowest BCUT2D eigenvalue weighted by atomic mass is 9.64. The van der Waals surface area contributed by atoms with Gasteiger partial charge in [0.25, 0.3) is 0 Å². The van der Waals surface area contributed by atoms with Crippen molar-refractivity contribution in [3.8, 4) is 5.75 Å². The molecule has 0 bridgehead atoms. The molecule has 1 aliphatic rings. The first-order valence-electron chi connectivity index (χ1n) is 7.00. The van der Waals surface area contributed by atoms with E-state index in [0.29, 0.717) is 12.1 Å². The van der Waals surface area contributed by atoms with Crippen LogP contribution in [-0.4, -0.2) is 28.5 Å². The van der Waals surface area contributed by atoms with Crippen molar-refractivity contribution in [3.63, 3.8) is 0 Å². The molecule has 1 heterocycles. The number of ether oxygens (including phenoxy) is 1. The molecule has 2 unspecified atom stereocenters. The lowest BCUT2D eigenvalue weighted by Gasteiger charge is -2.51. The lowest BCUT2D eigenvalue weighted by molar-refractivity contribution is -0.0546. The Hall–Kier alpha value is -1.03. The number of hydrogen-bond donors (Lipinski definition) is 1. The van der Waals surface area contributed by atoms with Gasteiger partial charge in [0.2, 0.25) is 0 Å². The Kier molecular flexibility index (Phi) is 3.95. The van der Waals surface area contributed by atoms with Crippen LogP contribution < -0.4 is 10.1 Å². The molecule has 0 aliphatic heterocycles. The third kappa shape index (κ3) is 2.53. The van der Waals surface area contributed by atoms with Gasteiger partial charge in [0.1, 0.15) is 6.10 Å². The van der Waals surface area contributed by atoms with E-state index in [0.717, 1.165) is 25.3 Å². The van der Waals surface area contributed by atoms with Gasteiger partial charge in [-0.05, 0) is 19.9 Å². The van der Waals surface area contributed by atoms with Crippen molar-refractivity contribution in [2.24, 2.45) is 5.41 Å². The molecule has 2 atom stereocenters. The van der Waals surface area contributed by atoms with Crippen molar-refractivity contribution >= 4 is 0 Å². The third-order valence-corrected chi connectivity index (χ3v) is 4.03. The first-order chi connectivity index (χ1) is 8.57. The maximum Gasteiger partial charge on any atom is 0.157 e. The molecule has 1 aliphatic carbocycles. The number of nitrogens with zero attached hydrogens (tertiary/aromatic N) is 2. The predicted octanol–water partition coefficient (Wildman–Crippen LogP) is 2.45. The maximum absolute atomic E-state index is 6.03. The Labute approximate surface area is 110 Å². The average molecular weight is 251 g/mol. The Balaban J connectivity index is 1.88. The quantitative estimate of drug-likeness (QED) is 0.844. The van der Waals surface area contributed by atoms with Crippen LogP contribution in [0.4, 0.5) is 0 Å². The van der Waals surface area contributed by atoms with Gasteiger partial charge in [-0.2, -0.15) is 5.10 Å². The summed E-state index contributed by atoms with van der Waals surface area (Å²) in [6.45, 7) is 10.8. The SMILES string of the molecule is CCCNC1CC(Oc2cnn(CC)c2)C1(C)C. The van der Waals surface area contributed by atoms with E-state index in [-0.39, 0.29) is 5.41 Å². The zero-order valence-corrected chi connectivity index (χ0v) is 11.9. The fourth-order valence-electron chi connectivity index (χ4n) is 2.49. The first kappa shape index (κ1) is 13.4. The van der Waals surface area contributed by atoms with Crippen LogP contribution in [0.2, 0.25) is 0 Å². The van der Waals surface area contributed by atoms with Crippen LogP contribution in [0, 0.1) is 5.41 Å². The molecular formula is C14H25N3O. The highest BCUT2D eigenvalue weighted by atomic mass is 16.5. The van der Waals surface area contributed by atoms with Crippen LogP contribution in [0.25, 0.3) is 0 Å². The Bertz CT molecular complexity index is 386. The van der Waals surface area contributed by atoms with Crippen molar-refractivity contribution in [3.05, 3.63) is 12.4 Å². The van der Waals surface area contributed by atoms with Crippen LogP contribution >= 0.6 is 0 Å². The molecule has 0 aromatic carbocycles. The monoisotopic (exact) mass is 251 g/mol. The van der Waals surface area contributed by atoms with Crippen molar-refractivity contribution in [1.82, 2.24) is 15.1 Å². The minimum absolute atomic E-state index is 0.198. The number of aromatic nitrogens is 2. The summed E-state index contributed by atoms with van der Waals surface area (Å²) in [6.07, 6.45) is 6.35. The molecular weight excluding hydrogens is 226 g/mol. The fourth-order valence-corrected chi connectivity index (χ4v) is 2.49. The zero-order chi connectivity index (χ0) is 13.2. The second-order valence-electron chi connectivity index (χ2n) is 5.70. The Morgan fingerprint density at radius 3 is 2.83 bits per heavy atom. The number of hydrogen-bond acceptors (Lipinski definition) is 3.